The van der Waals surface area contributed by atoms with E-state index < -0.39 is 5.41 Å². The first kappa shape index (κ1) is 24.3. The van der Waals surface area contributed by atoms with Crippen molar-refractivity contribution in [2.75, 3.05) is 5.32 Å². The van der Waals surface area contributed by atoms with Gasteiger partial charge in [-0.15, -0.1) is 0 Å². The molecular formula is C36H29NO3. The molecule has 1 N–H and O–H groups in total. The highest BCUT2D eigenvalue weighted by Gasteiger charge is 2.38. The van der Waals surface area contributed by atoms with E-state index in [9.17, 15) is 9.59 Å². The number of rotatable bonds is 3. The lowest BCUT2D eigenvalue weighted by atomic mass is 9.70. The van der Waals surface area contributed by atoms with Gasteiger partial charge < -0.3 is 9.73 Å². The molecule has 0 amide bonds. The van der Waals surface area contributed by atoms with Gasteiger partial charge >= 0.3 is 0 Å². The molecule has 4 nitrogen and oxygen atoms in total. The van der Waals surface area contributed by atoms with E-state index in [0.717, 1.165) is 33.3 Å². The third-order valence-corrected chi connectivity index (χ3v) is 8.76. The first-order chi connectivity index (χ1) is 19.2. The zero-order chi connectivity index (χ0) is 27.8. The Kier molecular flexibility index (Phi) is 5.11. The van der Waals surface area contributed by atoms with Crippen molar-refractivity contribution in [3.8, 4) is 0 Å². The first-order valence-corrected chi connectivity index (χ1v) is 13.6. The number of allylic oxidation sites excluding steroid dienone is 1. The predicted molar refractivity (Wildman–Crippen MR) is 160 cm³/mol. The van der Waals surface area contributed by atoms with Crippen LogP contribution in [0.3, 0.4) is 0 Å². The molecule has 0 spiro atoms. The van der Waals surface area contributed by atoms with Crippen molar-refractivity contribution in [3.05, 3.63) is 136 Å². The first-order valence-electron chi connectivity index (χ1n) is 13.6. The van der Waals surface area contributed by atoms with Gasteiger partial charge in [-0.2, -0.15) is 0 Å². The number of Topliss-reactive ketones (excluding diaryl/α,β-unsaturated/α-hetero) is 2. The minimum atomic E-state index is -0.411. The second-order valence-corrected chi connectivity index (χ2v) is 11.8. The molecule has 40 heavy (non-hydrogen) atoms. The maximum Gasteiger partial charge on any atom is 0.197 e. The summed E-state index contributed by atoms with van der Waals surface area (Å²) < 4.78 is 5.95. The fourth-order valence-corrected chi connectivity index (χ4v) is 6.34. The number of anilines is 2. The smallest absolute Gasteiger partial charge is 0.197 e. The molecule has 0 radical (unpaired) electrons. The lowest BCUT2D eigenvalue weighted by molar-refractivity contribution is 0.0990. The van der Waals surface area contributed by atoms with Crippen LogP contribution in [-0.4, -0.2) is 11.6 Å². The number of nitrogens with one attached hydrogen (secondary N) is 1. The molecule has 196 valence electrons. The Hall–Kier alpha value is -4.70. The molecule has 0 saturated heterocycles. The maximum absolute atomic E-state index is 13.3. The summed E-state index contributed by atoms with van der Waals surface area (Å²) >= 11 is 0. The number of furan rings is 1. The minimum absolute atomic E-state index is 0.140. The summed E-state index contributed by atoms with van der Waals surface area (Å²) in [5, 5.41) is 5.59. The summed E-state index contributed by atoms with van der Waals surface area (Å²) in [6, 6.07) is 28.3. The van der Waals surface area contributed by atoms with Crippen LogP contribution in [0.5, 0.6) is 0 Å². The fraction of sp³-hybridized carbons (Fsp3) is 0.167. The topological polar surface area (TPSA) is 59.3 Å². The van der Waals surface area contributed by atoms with Gasteiger partial charge in [-0.25, -0.2) is 0 Å². The minimum Gasteiger partial charge on any atom is -0.465 e. The van der Waals surface area contributed by atoms with Gasteiger partial charge in [0.05, 0.1) is 11.8 Å². The molecule has 0 bridgehead atoms. The molecule has 2 heterocycles. The number of hydrogen-bond acceptors (Lipinski definition) is 4. The van der Waals surface area contributed by atoms with Crippen molar-refractivity contribution < 1.29 is 14.0 Å². The summed E-state index contributed by atoms with van der Waals surface area (Å²) in [6.07, 6.45) is 3.33. The van der Waals surface area contributed by atoms with Crippen LogP contribution in [0.4, 0.5) is 11.4 Å². The quantitative estimate of drug-likeness (QED) is 0.190. The second kappa shape index (κ2) is 8.40. The number of benzene rings is 4. The van der Waals surface area contributed by atoms with Crippen LogP contribution in [0.25, 0.3) is 16.8 Å². The number of para-hydroxylation sites is 2. The van der Waals surface area contributed by atoms with Gasteiger partial charge in [0.15, 0.2) is 11.6 Å². The van der Waals surface area contributed by atoms with E-state index >= 15 is 0 Å². The van der Waals surface area contributed by atoms with Crippen molar-refractivity contribution in [1.82, 2.24) is 0 Å². The van der Waals surface area contributed by atoms with Crippen LogP contribution in [0.2, 0.25) is 0 Å². The van der Waals surface area contributed by atoms with Crippen molar-refractivity contribution >= 4 is 39.8 Å². The van der Waals surface area contributed by atoms with Crippen LogP contribution in [0.1, 0.15) is 76.4 Å². The van der Waals surface area contributed by atoms with E-state index in [1.807, 2.05) is 42.5 Å². The van der Waals surface area contributed by atoms with Gasteiger partial charge in [0.2, 0.25) is 0 Å². The van der Waals surface area contributed by atoms with Crippen molar-refractivity contribution in [1.29, 1.82) is 0 Å². The molecule has 0 atom stereocenters. The number of hydrogen-bond donors (Lipinski definition) is 1. The molecule has 0 fully saturated rings. The Morgan fingerprint density at radius 3 is 2.10 bits per heavy atom. The Labute approximate surface area is 233 Å². The van der Waals surface area contributed by atoms with Crippen molar-refractivity contribution in [2.24, 2.45) is 0 Å². The zero-order valence-corrected chi connectivity index (χ0v) is 23.0. The van der Waals surface area contributed by atoms with Crippen LogP contribution in [0.15, 0.2) is 101 Å². The molecule has 4 heteroatoms. The SMILES string of the molecule is CC(C)(c1coc(C=C2C(=O)c3cc4ccccc4cc3C2=O)c1)c1cccc2c1Nc1ccccc1C2(C)C. The molecular weight excluding hydrogens is 494 g/mol. The number of carbonyl (C=O) groups is 2. The van der Waals surface area contributed by atoms with E-state index in [1.54, 1.807) is 12.3 Å². The highest BCUT2D eigenvalue weighted by molar-refractivity contribution is 6.42. The van der Waals surface area contributed by atoms with Crippen LogP contribution in [0, 0.1) is 0 Å². The summed E-state index contributed by atoms with van der Waals surface area (Å²) in [4.78, 5) is 26.5. The Morgan fingerprint density at radius 1 is 0.775 bits per heavy atom. The van der Waals surface area contributed by atoms with Gasteiger partial charge in [-0.3, -0.25) is 9.59 Å². The van der Waals surface area contributed by atoms with Crippen LogP contribution in [-0.2, 0) is 10.8 Å². The van der Waals surface area contributed by atoms with Gasteiger partial charge in [0.1, 0.15) is 5.76 Å². The zero-order valence-electron chi connectivity index (χ0n) is 23.0. The average molecular weight is 524 g/mol. The molecule has 1 aliphatic heterocycles. The molecule has 1 aromatic heterocycles. The maximum atomic E-state index is 13.3. The number of fused-ring (bicyclic) bond motifs is 4. The molecule has 7 rings (SSSR count). The second-order valence-electron chi connectivity index (χ2n) is 11.8. The third-order valence-electron chi connectivity index (χ3n) is 8.76. The number of ketones is 2. The van der Waals surface area contributed by atoms with Crippen LogP contribution >= 0.6 is 0 Å². The van der Waals surface area contributed by atoms with Crippen molar-refractivity contribution in [2.45, 2.75) is 38.5 Å². The summed E-state index contributed by atoms with van der Waals surface area (Å²) in [5.41, 5.74) is 7.34. The molecule has 0 unspecified atom stereocenters. The predicted octanol–water partition coefficient (Wildman–Crippen LogP) is 8.60. The van der Waals surface area contributed by atoms with Gasteiger partial charge in [-0.05, 0) is 57.8 Å². The van der Waals surface area contributed by atoms with Crippen LogP contribution < -0.4 is 5.32 Å². The normalized spacial score (nSPS) is 15.4. The van der Waals surface area contributed by atoms with Gasteiger partial charge in [0.25, 0.3) is 0 Å². The van der Waals surface area contributed by atoms with Crippen molar-refractivity contribution in [3.63, 3.8) is 0 Å². The standard InChI is InChI=1S/C36H29NO3/c1-35(2,29-13-9-14-30-32(29)37-31-15-8-7-12-28(31)36(30,3)4)23-18-24(40-20-23)19-27-33(38)25-16-21-10-5-6-11-22(21)17-26(25)34(27)39/h5-20,37H,1-4H3. The molecule has 4 aromatic carbocycles. The summed E-state index contributed by atoms with van der Waals surface area (Å²) in [6.45, 7) is 8.88. The van der Waals surface area contributed by atoms with E-state index in [1.165, 1.54) is 11.1 Å². The highest BCUT2D eigenvalue weighted by Crippen LogP contribution is 2.49. The Bertz CT molecular complexity index is 1860. The molecule has 1 aliphatic carbocycles. The number of carbonyl (C=O) groups excluding carboxylic acids is 2. The molecule has 2 aliphatic rings. The average Bonchev–Trinajstić information content (AvgIpc) is 3.52. The monoisotopic (exact) mass is 523 g/mol. The van der Waals surface area contributed by atoms with E-state index in [-0.39, 0.29) is 22.6 Å². The lowest BCUT2D eigenvalue weighted by Crippen LogP contribution is -2.29. The van der Waals surface area contributed by atoms with E-state index in [4.69, 9.17) is 4.42 Å². The van der Waals surface area contributed by atoms with Gasteiger partial charge in [-0.1, -0.05) is 88.4 Å². The van der Waals surface area contributed by atoms with E-state index in [0.29, 0.717) is 16.9 Å². The highest BCUT2D eigenvalue weighted by atomic mass is 16.3. The largest absolute Gasteiger partial charge is 0.465 e. The fourth-order valence-electron chi connectivity index (χ4n) is 6.34. The molecule has 0 saturated carbocycles. The lowest BCUT2D eigenvalue weighted by Gasteiger charge is -2.39. The van der Waals surface area contributed by atoms with Gasteiger partial charge in [0, 0.05) is 38.9 Å². The molecule has 5 aromatic rings. The summed E-state index contributed by atoms with van der Waals surface area (Å²) in [5.74, 6) is -0.0315. The van der Waals surface area contributed by atoms with E-state index in [2.05, 4.69) is 75.5 Å². The Balaban J connectivity index is 1.26. The Morgan fingerprint density at radius 2 is 1.40 bits per heavy atom. The third kappa shape index (κ3) is 3.45. The summed E-state index contributed by atoms with van der Waals surface area (Å²) in [7, 11) is 0.